The minimum absolute atomic E-state index is 0.0328. The van der Waals surface area contributed by atoms with E-state index in [1.165, 1.54) is 0 Å². The van der Waals surface area contributed by atoms with Crippen molar-refractivity contribution in [3.63, 3.8) is 0 Å². The summed E-state index contributed by atoms with van der Waals surface area (Å²) in [5.41, 5.74) is 13.0. The molecule has 1 aromatic rings. The van der Waals surface area contributed by atoms with Crippen molar-refractivity contribution in [2.45, 2.75) is 13.3 Å². The zero-order chi connectivity index (χ0) is 17.9. The molecular weight excluding hydrogens is 337 g/mol. The molecule has 0 aliphatic carbocycles. The van der Waals surface area contributed by atoms with Crippen molar-refractivity contribution in [1.29, 1.82) is 0 Å². The Morgan fingerprint density at radius 2 is 2.04 bits per heavy atom. The molecule has 8 nitrogen and oxygen atoms in total. The summed E-state index contributed by atoms with van der Waals surface area (Å²) in [6, 6.07) is 7.24. The Labute approximate surface area is 139 Å². The molecule has 1 fully saturated rings. The quantitative estimate of drug-likeness (QED) is 0.460. The van der Waals surface area contributed by atoms with Crippen LogP contribution >= 0.6 is 0 Å². The Morgan fingerprint density at radius 1 is 1.38 bits per heavy atom. The molecule has 1 heterocycles. The van der Waals surface area contributed by atoms with Crippen molar-refractivity contribution in [1.82, 2.24) is 4.90 Å². The summed E-state index contributed by atoms with van der Waals surface area (Å²) < 4.78 is 34.1. The zero-order valence-corrected chi connectivity index (χ0v) is 13.8. The molecule has 1 aliphatic rings. The van der Waals surface area contributed by atoms with Crippen LogP contribution in [0.5, 0.6) is 0 Å². The minimum Gasteiger partial charge on any atom is -0.369 e. The predicted octanol–water partition coefficient (Wildman–Crippen LogP) is 0.404. The lowest BCUT2D eigenvalue weighted by Gasteiger charge is -2.14. The molecule has 0 saturated carbocycles. The Bertz CT molecular complexity index is 806. The van der Waals surface area contributed by atoms with Crippen molar-refractivity contribution >= 4 is 33.7 Å². The highest BCUT2D eigenvalue weighted by atomic mass is 32.3. The molecule has 0 radical (unpaired) electrons. The van der Waals surface area contributed by atoms with E-state index in [2.05, 4.69) is 9.98 Å². The normalized spacial score (nSPS) is 19.8. The van der Waals surface area contributed by atoms with Gasteiger partial charge in [0.1, 0.15) is 0 Å². The van der Waals surface area contributed by atoms with Gasteiger partial charge in [-0.2, -0.15) is 13.4 Å². The average Bonchev–Trinajstić information content (AvgIpc) is 2.80. The Balaban J connectivity index is 2.13. The topological polar surface area (TPSA) is 131 Å². The van der Waals surface area contributed by atoms with Crippen molar-refractivity contribution in [3.8, 4) is 0 Å². The lowest BCUT2D eigenvalue weighted by molar-refractivity contribution is -0.124. The highest BCUT2D eigenvalue weighted by Gasteiger charge is 2.34. The molecule has 1 unspecified atom stereocenters. The van der Waals surface area contributed by atoms with E-state index in [-0.39, 0.29) is 24.9 Å². The van der Waals surface area contributed by atoms with Gasteiger partial charge in [-0.15, -0.1) is 3.89 Å². The number of rotatable bonds is 3. The molecule has 1 aliphatic heterocycles. The third kappa shape index (κ3) is 4.75. The summed E-state index contributed by atoms with van der Waals surface area (Å²) >= 11 is 0. The fourth-order valence-electron chi connectivity index (χ4n) is 2.41. The van der Waals surface area contributed by atoms with Crippen LogP contribution in [0.3, 0.4) is 0 Å². The third-order valence-corrected chi connectivity index (χ3v) is 4.37. The molecule has 0 bridgehead atoms. The number of carbonyl (C=O) groups is 1. The number of carbonyl (C=O) groups excluding carboxylic acids is 1. The van der Waals surface area contributed by atoms with Crippen molar-refractivity contribution in [2.24, 2.45) is 27.4 Å². The van der Waals surface area contributed by atoms with E-state index in [1.54, 1.807) is 12.1 Å². The minimum atomic E-state index is -4.66. The second-order valence-corrected chi connectivity index (χ2v) is 6.92. The number of benzene rings is 1. The molecule has 130 valence electrons. The van der Waals surface area contributed by atoms with Gasteiger partial charge in [-0.1, -0.05) is 18.2 Å². The van der Waals surface area contributed by atoms with Crippen LogP contribution in [-0.4, -0.2) is 43.4 Å². The van der Waals surface area contributed by atoms with Gasteiger partial charge in [-0.25, -0.2) is 4.99 Å². The van der Waals surface area contributed by atoms with Crippen LogP contribution in [0.15, 0.2) is 34.3 Å². The number of nitrogens with two attached hydrogens (primary N) is 2. The first-order valence-electron chi connectivity index (χ1n) is 7.12. The summed E-state index contributed by atoms with van der Waals surface area (Å²) in [4.78, 5) is 20.9. The molecule has 1 amide bonds. The number of hydrogen-bond acceptors (Lipinski definition) is 4. The number of aliphatic imine (C=N–C) groups is 2. The Hall–Kier alpha value is -2.49. The molecule has 0 aromatic heterocycles. The highest BCUT2D eigenvalue weighted by molar-refractivity contribution is 7.86. The SMILES string of the molecule is Cc1ccccc1N=C(N)/N=C(\N)N1CC(CS(=O)(=O)F)CC1=O. The highest BCUT2D eigenvalue weighted by Crippen LogP contribution is 2.20. The van der Waals surface area contributed by atoms with Crippen LogP contribution < -0.4 is 11.5 Å². The number of amides is 1. The molecule has 2 rings (SSSR count). The van der Waals surface area contributed by atoms with E-state index in [4.69, 9.17) is 11.5 Å². The average molecular weight is 355 g/mol. The van der Waals surface area contributed by atoms with Crippen LogP contribution in [0.2, 0.25) is 0 Å². The van der Waals surface area contributed by atoms with Gasteiger partial charge in [0.25, 0.3) is 0 Å². The number of nitrogens with zero attached hydrogens (tertiary/aromatic N) is 3. The largest absolute Gasteiger partial charge is 0.369 e. The van der Waals surface area contributed by atoms with Gasteiger partial charge in [-0.05, 0) is 18.6 Å². The van der Waals surface area contributed by atoms with Gasteiger partial charge in [0.05, 0.1) is 11.4 Å². The van der Waals surface area contributed by atoms with E-state index in [1.807, 2.05) is 19.1 Å². The maximum Gasteiger partial charge on any atom is 0.302 e. The van der Waals surface area contributed by atoms with Crippen LogP contribution in [0, 0.1) is 12.8 Å². The van der Waals surface area contributed by atoms with Gasteiger partial charge < -0.3 is 11.5 Å². The number of para-hydroxylation sites is 1. The molecular formula is C14H18FN5O3S. The van der Waals surface area contributed by atoms with Gasteiger partial charge in [0.15, 0.2) is 0 Å². The zero-order valence-electron chi connectivity index (χ0n) is 13.0. The molecule has 1 saturated heterocycles. The van der Waals surface area contributed by atoms with E-state index in [0.717, 1.165) is 10.5 Å². The second-order valence-electron chi connectivity index (χ2n) is 5.51. The number of aryl methyl sites for hydroxylation is 1. The molecule has 4 N–H and O–H groups in total. The summed E-state index contributed by atoms with van der Waals surface area (Å²) in [5.74, 6) is -2.18. The van der Waals surface area contributed by atoms with E-state index in [9.17, 15) is 17.1 Å². The summed E-state index contributed by atoms with van der Waals surface area (Å²) in [6.07, 6.45) is -0.117. The number of halogens is 1. The number of hydrogen-bond donors (Lipinski definition) is 2. The second kappa shape index (κ2) is 6.95. The van der Waals surface area contributed by atoms with Gasteiger partial charge in [0, 0.05) is 18.9 Å². The van der Waals surface area contributed by atoms with E-state index < -0.39 is 27.8 Å². The number of likely N-dealkylation sites (tertiary alicyclic amines) is 1. The van der Waals surface area contributed by atoms with Crippen molar-refractivity contribution in [3.05, 3.63) is 29.8 Å². The first kappa shape index (κ1) is 17.9. The maximum atomic E-state index is 12.7. The molecule has 1 atom stereocenters. The van der Waals surface area contributed by atoms with Gasteiger partial charge in [0.2, 0.25) is 17.8 Å². The van der Waals surface area contributed by atoms with Gasteiger partial charge in [-0.3, -0.25) is 9.69 Å². The lowest BCUT2D eigenvalue weighted by Crippen LogP contribution is -2.40. The van der Waals surface area contributed by atoms with Gasteiger partial charge >= 0.3 is 10.2 Å². The Kier molecular flexibility index (Phi) is 5.17. The summed E-state index contributed by atoms with van der Waals surface area (Å²) in [6.45, 7) is 1.82. The third-order valence-electron chi connectivity index (χ3n) is 3.50. The van der Waals surface area contributed by atoms with Crippen LogP contribution in [-0.2, 0) is 15.0 Å². The maximum absolute atomic E-state index is 12.7. The number of guanidine groups is 2. The lowest BCUT2D eigenvalue weighted by atomic mass is 10.1. The van der Waals surface area contributed by atoms with E-state index >= 15 is 0 Å². The first-order valence-corrected chi connectivity index (χ1v) is 8.67. The summed E-state index contributed by atoms with van der Waals surface area (Å²) in [7, 11) is -4.66. The fourth-order valence-corrected chi connectivity index (χ4v) is 3.20. The molecule has 0 spiro atoms. The smallest absolute Gasteiger partial charge is 0.302 e. The Morgan fingerprint density at radius 3 is 2.67 bits per heavy atom. The molecule has 24 heavy (non-hydrogen) atoms. The predicted molar refractivity (Wildman–Crippen MR) is 88.8 cm³/mol. The van der Waals surface area contributed by atoms with Crippen molar-refractivity contribution < 1.29 is 17.1 Å². The van der Waals surface area contributed by atoms with Crippen LogP contribution in [0.1, 0.15) is 12.0 Å². The van der Waals surface area contributed by atoms with E-state index in [0.29, 0.717) is 5.69 Å². The first-order chi connectivity index (χ1) is 11.2. The monoisotopic (exact) mass is 355 g/mol. The van der Waals surface area contributed by atoms with Crippen LogP contribution in [0.25, 0.3) is 0 Å². The standard InChI is InChI=1S/C14H18FN5O3S/c1-9-4-2-3-5-11(9)18-13(16)19-14(17)20-7-10(6-12(20)21)8-24(15,22)23/h2-5,10H,6-8H2,1H3,(H4,16,17,18,19). The van der Waals surface area contributed by atoms with Crippen molar-refractivity contribution in [2.75, 3.05) is 12.3 Å². The molecule has 1 aromatic carbocycles. The molecule has 10 heteroatoms. The summed E-state index contributed by atoms with van der Waals surface area (Å²) in [5, 5.41) is 0. The van der Waals surface area contributed by atoms with Crippen LogP contribution in [0.4, 0.5) is 9.57 Å². The fraction of sp³-hybridized carbons (Fsp3) is 0.357.